The van der Waals surface area contributed by atoms with Gasteiger partial charge in [-0.15, -0.1) is 11.3 Å². The predicted octanol–water partition coefficient (Wildman–Crippen LogP) is 3.23. The summed E-state index contributed by atoms with van der Waals surface area (Å²) < 4.78 is 5.36. The summed E-state index contributed by atoms with van der Waals surface area (Å²) in [6.45, 7) is 1.69. The van der Waals surface area contributed by atoms with E-state index in [4.69, 9.17) is 5.11 Å². The summed E-state index contributed by atoms with van der Waals surface area (Å²) in [5, 5.41) is 8.99. The number of carboxylic acids is 1. The molecule has 7 heteroatoms. The van der Waals surface area contributed by atoms with Crippen LogP contribution in [0.1, 0.15) is 31.3 Å². The van der Waals surface area contributed by atoms with Crippen LogP contribution in [-0.4, -0.2) is 29.1 Å². The van der Waals surface area contributed by atoms with Crippen molar-refractivity contribution in [2.24, 2.45) is 0 Å². The average Bonchev–Trinajstić information content (AvgIpc) is 2.86. The number of hydrogen-bond donors (Lipinski definition) is 1. The van der Waals surface area contributed by atoms with Crippen LogP contribution in [0.15, 0.2) is 28.6 Å². The molecule has 0 spiro atoms. The van der Waals surface area contributed by atoms with Crippen LogP contribution in [0.25, 0.3) is 0 Å². The number of aromatic nitrogens is 1. The second kappa shape index (κ2) is 6.73. The highest BCUT2D eigenvalue weighted by Gasteiger charge is 2.14. The highest BCUT2D eigenvalue weighted by molar-refractivity contribution is 8.00. The second-order valence-corrected chi connectivity index (χ2v) is 6.40. The fourth-order valence-corrected chi connectivity index (χ4v) is 3.62. The molecule has 1 heterocycles. The van der Waals surface area contributed by atoms with Gasteiger partial charge < -0.3 is 9.84 Å². The van der Waals surface area contributed by atoms with E-state index in [0.717, 1.165) is 9.90 Å². The third kappa shape index (κ3) is 3.83. The normalized spacial score (nSPS) is 10.4. The molecule has 5 nitrogen and oxygen atoms in total. The van der Waals surface area contributed by atoms with Gasteiger partial charge in [-0.3, -0.25) is 0 Å². The predicted molar refractivity (Wildman–Crippen MR) is 81.2 cm³/mol. The number of benzene rings is 1. The van der Waals surface area contributed by atoms with Crippen LogP contribution in [0.4, 0.5) is 0 Å². The van der Waals surface area contributed by atoms with Crippen LogP contribution in [0.5, 0.6) is 0 Å². The smallest absolute Gasteiger partial charge is 0.347 e. The minimum atomic E-state index is -0.945. The van der Waals surface area contributed by atoms with Gasteiger partial charge in [-0.25, -0.2) is 14.6 Å². The summed E-state index contributed by atoms with van der Waals surface area (Å²) in [6, 6.07) is 7.10. The molecule has 2 rings (SSSR count). The maximum absolute atomic E-state index is 11.3. The first kappa shape index (κ1) is 15.5. The van der Waals surface area contributed by atoms with Gasteiger partial charge in [0.25, 0.3) is 0 Å². The third-order valence-corrected chi connectivity index (χ3v) is 5.07. The number of thiazole rings is 1. The number of aromatic carboxylic acids is 1. The number of aryl methyl sites for hydroxylation is 1. The minimum Gasteiger partial charge on any atom is -0.477 e. The summed E-state index contributed by atoms with van der Waals surface area (Å²) in [4.78, 5) is 26.8. The summed E-state index contributed by atoms with van der Waals surface area (Å²) in [5.74, 6) is -0.650. The van der Waals surface area contributed by atoms with Crippen LogP contribution in [-0.2, 0) is 10.5 Å². The van der Waals surface area contributed by atoms with E-state index in [9.17, 15) is 9.59 Å². The number of carbonyl (C=O) groups is 2. The molecule has 2 aromatic rings. The fourth-order valence-electron chi connectivity index (χ4n) is 1.63. The van der Waals surface area contributed by atoms with Crippen LogP contribution in [0, 0.1) is 6.92 Å². The van der Waals surface area contributed by atoms with Crippen molar-refractivity contribution >= 4 is 35.0 Å². The molecule has 0 aliphatic carbocycles. The number of carbonyl (C=O) groups excluding carboxylic acids is 1. The zero-order chi connectivity index (χ0) is 15.4. The van der Waals surface area contributed by atoms with Crippen molar-refractivity contribution in [3.8, 4) is 0 Å². The van der Waals surface area contributed by atoms with Crippen LogP contribution < -0.4 is 0 Å². The van der Waals surface area contributed by atoms with Crippen molar-refractivity contribution in [1.29, 1.82) is 0 Å². The number of methoxy groups -OCH3 is 1. The van der Waals surface area contributed by atoms with Gasteiger partial charge in [0.15, 0.2) is 4.34 Å². The van der Waals surface area contributed by atoms with Gasteiger partial charge in [-0.05, 0) is 24.6 Å². The van der Waals surface area contributed by atoms with Gasteiger partial charge in [0.05, 0.1) is 18.4 Å². The molecule has 0 unspecified atom stereocenters. The molecule has 1 aromatic carbocycles. The van der Waals surface area contributed by atoms with E-state index in [2.05, 4.69) is 9.72 Å². The number of nitrogens with zero attached hydrogens (tertiary/aromatic N) is 1. The molecule has 0 fully saturated rings. The van der Waals surface area contributed by atoms with E-state index >= 15 is 0 Å². The number of thioether (sulfide) groups is 1. The minimum absolute atomic E-state index is 0.276. The Bertz CT molecular complexity index is 664. The molecule has 0 bridgehead atoms. The maximum atomic E-state index is 11.3. The van der Waals surface area contributed by atoms with E-state index in [0.29, 0.717) is 17.0 Å². The lowest BCUT2D eigenvalue weighted by atomic mass is 10.1. The Morgan fingerprint density at radius 3 is 2.52 bits per heavy atom. The Morgan fingerprint density at radius 1 is 1.33 bits per heavy atom. The highest BCUT2D eigenvalue weighted by Crippen LogP contribution is 2.29. The monoisotopic (exact) mass is 323 g/mol. The molecule has 0 radical (unpaired) electrons. The van der Waals surface area contributed by atoms with E-state index in [1.165, 1.54) is 30.2 Å². The van der Waals surface area contributed by atoms with Crippen LogP contribution >= 0.6 is 23.1 Å². The number of esters is 1. The summed E-state index contributed by atoms with van der Waals surface area (Å²) in [5.41, 5.74) is 2.07. The fraction of sp³-hybridized carbons (Fsp3) is 0.214. The van der Waals surface area contributed by atoms with Crippen molar-refractivity contribution in [2.45, 2.75) is 17.0 Å². The van der Waals surface area contributed by atoms with Gasteiger partial charge in [0.2, 0.25) is 0 Å². The molecule has 0 aliphatic heterocycles. The topological polar surface area (TPSA) is 76.5 Å². The Kier molecular flexibility index (Phi) is 4.98. The van der Waals surface area contributed by atoms with Gasteiger partial charge in [-0.2, -0.15) is 0 Å². The van der Waals surface area contributed by atoms with Crippen molar-refractivity contribution < 1.29 is 19.4 Å². The molecule has 110 valence electrons. The van der Waals surface area contributed by atoms with Crippen molar-refractivity contribution in [3.05, 3.63) is 46.0 Å². The van der Waals surface area contributed by atoms with E-state index < -0.39 is 5.97 Å². The summed E-state index contributed by atoms with van der Waals surface area (Å²) in [6.07, 6.45) is 0. The lowest BCUT2D eigenvalue weighted by Crippen LogP contribution is -2.00. The molecular weight excluding hydrogens is 310 g/mol. The first-order chi connectivity index (χ1) is 10.0. The van der Waals surface area contributed by atoms with Crippen molar-refractivity contribution in [1.82, 2.24) is 4.98 Å². The Morgan fingerprint density at radius 2 is 2.00 bits per heavy atom. The number of rotatable bonds is 5. The zero-order valence-corrected chi connectivity index (χ0v) is 13.1. The Hall–Kier alpha value is -1.86. The molecule has 0 saturated heterocycles. The number of ether oxygens (including phenoxy) is 1. The molecule has 0 amide bonds. The van der Waals surface area contributed by atoms with Gasteiger partial charge in [0.1, 0.15) is 4.88 Å². The van der Waals surface area contributed by atoms with Gasteiger partial charge in [-0.1, -0.05) is 23.9 Å². The maximum Gasteiger partial charge on any atom is 0.347 e. The molecule has 21 heavy (non-hydrogen) atoms. The summed E-state index contributed by atoms with van der Waals surface area (Å²) >= 11 is 2.65. The van der Waals surface area contributed by atoms with Crippen LogP contribution in [0.3, 0.4) is 0 Å². The SMILES string of the molecule is COC(=O)c1ccc(CSc2nc(C)c(C(=O)O)s2)cc1. The van der Waals surface area contributed by atoms with E-state index in [1.54, 1.807) is 19.1 Å². The van der Waals surface area contributed by atoms with Crippen molar-refractivity contribution in [3.63, 3.8) is 0 Å². The zero-order valence-electron chi connectivity index (χ0n) is 11.5. The van der Waals surface area contributed by atoms with Crippen molar-refractivity contribution in [2.75, 3.05) is 7.11 Å². The molecule has 1 N–H and O–H groups in total. The molecular formula is C14H13NO4S2. The molecule has 0 saturated carbocycles. The third-order valence-electron chi connectivity index (χ3n) is 2.71. The number of carboxylic acid groups (broad SMARTS) is 1. The standard InChI is InChI=1S/C14H13NO4S2/c1-8-11(12(16)17)21-14(15-8)20-7-9-3-5-10(6-4-9)13(18)19-2/h3-6H,7H2,1-2H3,(H,16,17). The first-order valence-electron chi connectivity index (χ1n) is 6.02. The first-order valence-corrected chi connectivity index (χ1v) is 7.82. The molecule has 1 aromatic heterocycles. The Balaban J connectivity index is 2.01. The van der Waals surface area contributed by atoms with Gasteiger partial charge in [0, 0.05) is 5.75 Å². The average molecular weight is 323 g/mol. The second-order valence-electron chi connectivity index (χ2n) is 4.18. The highest BCUT2D eigenvalue weighted by atomic mass is 32.2. The Labute approximate surface area is 130 Å². The lowest BCUT2D eigenvalue weighted by Gasteiger charge is -2.01. The molecule has 0 atom stereocenters. The van der Waals surface area contributed by atoms with Gasteiger partial charge >= 0.3 is 11.9 Å². The lowest BCUT2D eigenvalue weighted by molar-refractivity contribution is 0.0600. The largest absolute Gasteiger partial charge is 0.477 e. The number of hydrogen-bond acceptors (Lipinski definition) is 6. The van der Waals surface area contributed by atoms with E-state index in [-0.39, 0.29) is 10.8 Å². The van der Waals surface area contributed by atoms with Crippen LogP contribution in [0.2, 0.25) is 0 Å². The van der Waals surface area contributed by atoms with E-state index in [1.807, 2.05) is 12.1 Å². The summed E-state index contributed by atoms with van der Waals surface area (Å²) in [7, 11) is 1.34. The molecule has 0 aliphatic rings. The quantitative estimate of drug-likeness (QED) is 0.672.